The van der Waals surface area contributed by atoms with Gasteiger partial charge in [0, 0.05) is 25.7 Å². The van der Waals surface area contributed by atoms with Crippen molar-refractivity contribution >= 4 is 11.8 Å². The number of amides is 2. The van der Waals surface area contributed by atoms with E-state index in [0.29, 0.717) is 42.3 Å². The Kier molecular flexibility index (Phi) is 3.34. The van der Waals surface area contributed by atoms with Gasteiger partial charge < -0.3 is 19.3 Å². The molecule has 0 saturated carbocycles. The summed E-state index contributed by atoms with van der Waals surface area (Å²) in [6.45, 7) is 1.83. The first kappa shape index (κ1) is 15.2. The van der Waals surface area contributed by atoms with Gasteiger partial charge in [-0.1, -0.05) is 5.21 Å². The molecule has 0 N–H and O–H groups in total. The average Bonchev–Trinajstić information content (AvgIpc) is 3.32. The number of carbonyl (C=O) groups excluding carboxylic acids is 2. The molecule has 9 nitrogen and oxygen atoms in total. The van der Waals surface area contributed by atoms with Gasteiger partial charge in [-0.25, -0.2) is 0 Å². The second kappa shape index (κ2) is 5.72. The number of ether oxygens (including phenoxy) is 2. The third-order valence-corrected chi connectivity index (χ3v) is 5.00. The molecule has 1 unspecified atom stereocenters. The van der Waals surface area contributed by atoms with Crippen molar-refractivity contribution in [3.05, 3.63) is 35.7 Å². The van der Waals surface area contributed by atoms with E-state index in [1.165, 1.54) is 0 Å². The lowest BCUT2D eigenvalue weighted by Gasteiger charge is -2.34. The number of hydrogen-bond donors (Lipinski definition) is 0. The maximum Gasteiger partial charge on any atom is 0.260 e. The summed E-state index contributed by atoms with van der Waals surface area (Å²) in [6, 6.07) is 3.27. The molecule has 1 atom stereocenters. The molecule has 0 bridgehead atoms. The zero-order chi connectivity index (χ0) is 17.7. The Balaban J connectivity index is 1.41. The number of hydrogen-bond acceptors (Lipinski definition) is 6. The van der Waals surface area contributed by atoms with Crippen LogP contribution in [-0.2, 0) is 6.54 Å². The molecule has 3 aliphatic heterocycles. The second-order valence-electron chi connectivity index (χ2n) is 6.57. The summed E-state index contributed by atoms with van der Waals surface area (Å²) in [6.07, 6.45) is 4.85. The molecule has 2 aromatic rings. The SMILES string of the molecule is O=C1c2cc3c(cc2OCN1CCn1ccnn1)C(=O)N1CCCC1O3. The Bertz CT molecular complexity index is 882. The van der Waals surface area contributed by atoms with Gasteiger partial charge in [-0.2, -0.15) is 0 Å². The topological polar surface area (TPSA) is 89.8 Å². The molecule has 2 amide bonds. The van der Waals surface area contributed by atoms with E-state index in [1.54, 1.807) is 39.0 Å². The van der Waals surface area contributed by atoms with Gasteiger partial charge >= 0.3 is 0 Å². The van der Waals surface area contributed by atoms with Gasteiger partial charge in [0.15, 0.2) is 13.0 Å². The zero-order valence-corrected chi connectivity index (χ0v) is 14.0. The Labute approximate surface area is 149 Å². The summed E-state index contributed by atoms with van der Waals surface area (Å²) in [7, 11) is 0. The predicted octanol–water partition coefficient (Wildman–Crippen LogP) is 0.725. The minimum absolute atomic E-state index is 0.0544. The molecule has 26 heavy (non-hydrogen) atoms. The van der Waals surface area contributed by atoms with Crippen LogP contribution in [0.3, 0.4) is 0 Å². The molecular formula is C17H17N5O4. The van der Waals surface area contributed by atoms with Crippen molar-refractivity contribution in [3.63, 3.8) is 0 Å². The monoisotopic (exact) mass is 355 g/mol. The van der Waals surface area contributed by atoms with Crippen molar-refractivity contribution in [1.29, 1.82) is 0 Å². The quantitative estimate of drug-likeness (QED) is 0.806. The van der Waals surface area contributed by atoms with Crippen LogP contribution >= 0.6 is 0 Å². The van der Waals surface area contributed by atoms with Crippen molar-refractivity contribution in [2.45, 2.75) is 25.6 Å². The lowest BCUT2D eigenvalue weighted by Crippen LogP contribution is -2.44. The smallest absolute Gasteiger partial charge is 0.260 e. The first-order chi connectivity index (χ1) is 12.7. The number of benzene rings is 1. The zero-order valence-electron chi connectivity index (χ0n) is 14.0. The molecule has 0 aliphatic carbocycles. The van der Waals surface area contributed by atoms with Crippen LogP contribution in [0.15, 0.2) is 24.5 Å². The molecule has 1 saturated heterocycles. The Morgan fingerprint density at radius 3 is 2.81 bits per heavy atom. The normalized spacial score (nSPS) is 21.0. The van der Waals surface area contributed by atoms with E-state index in [-0.39, 0.29) is 24.8 Å². The van der Waals surface area contributed by atoms with Crippen LogP contribution in [0.2, 0.25) is 0 Å². The highest BCUT2D eigenvalue weighted by molar-refractivity contribution is 6.03. The van der Waals surface area contributed by atoms with Crippen molar-refractivity contribution in [3.8, 4) is 11.5 Å². The van der Waals surface area contributed by atoms with Crippen molar-refractivity contribution < 1.29 is 19.1 Å². The molecule has 0 radical (unpaired) electrons. The number of carbonyl (C=O) groups is 2. The fourth-order valence-corrected chi connectivity index (χ4v) is 3.62. The molecule has 1 aromatic heterocycles. The van der Waals surface area contributed by atoms with E-state index in [1.807, 2.05) is 0 Å². The van der Waals surface area contributed by atoms with Crippen LogP contribution in [0.4, 0.5) is 0 Å². The summed E-state index contributed by atoms with van der Waals surface area (Å²) in [5, 5.41) is 7.64. The first-order valence-electron chi connectivity index (χ1n) is 8.62. The van der Waals surface area contributed by atoms with Crippen molar-refractivity contribution in [2.75, 3.05) is 19.8 Å². The van der Waals surface area contributed by atoms with E-state index >= 15 is 0 Å². The minimum atomic E-state index is -0.226. The highest BCUT2D eigenvalue weighted by Crippen LogP contribution is 2.38. The Morgan fingerprint density at radius 1 is 1.12 bits per heavy atom. The van der Waals surface area contributed by atoms with Gasteiger partial charge in [0.2, 0.25) is 0 Å². The van der Waals surface area contributed by atoms with E-state index in [9.17, 15) is 9.59 Å². The lowest BCUT2D eigenvalue weighted by molar-refractivity contribution is 0.0283. The summed E-state index contributed by atoms with van der Waals surface area (Å²) in [5.41, 5.74) is 0.888. The van der Waals surface area contributed by atoms with Gasteiger partial charge in [-0.15, -0.1) is 5.10 Å². The van der Waals surface area contributed by atoms with Gasteiger partial charge in [-0.05, 0) is 18.6 Å². The fraction of sp³-hybridized carbons (Fsp3) is 0.412. The molecule has 9 heteroatoms. The standard InChI is InChI=1S/C17H17N5O4/c23-16-11-9-14-12(17(24)22-4-1-2-15(22)26-14)8-13(11)25-10-20(16)6-7-21-5-3-18-19-21/h3,5,8-9,15H,1-2,4,6-7,10H2. The average molecular weight is 355 g/mol. The van der Waals surface area contributed by atoms with Crippen LogP contribution in [0, 0.1) is 0 Å². The maximum absolute atomic E-state index is 12.8. The molecule has 3 aliphatic rings. The fourth-order valence-electron chi connectivity index (χ4n) is 3.62. The predicted molar refractivity (Wildman–Crippen MR) is 87.7 cm³/mol. The first-order valence-corrected chi connectivity index (χ1v) is 8.62. The number of aromatic nitrogens is 3. The number of fused-ring (bicyclic) bond motifs is 3. The van der Waals surface area contributed by atoms with Gasteiger partial charge in [-0.3, -0.25) is 14.3 Å². The van der Waals surface area contributed by atoms with E-state index in [0.717, 1.165) is 12.8 Å². The maximum atomic E-state index is 12.8. The van der Waals surface area contributed by atoms with Crippen LogP contribution in [0.1, 0.15) is 33.6 Å². The summed E-state index contributed by atoms with van der Waals surface area (Å²) >= 11 is 0. The van der Waals surface area contributed by atoms with Crippen LogP contribution in [-0.4, -0.2) is 62.7 Å². The second-order valence-corrected chi connectivity index (χ2v) is 6.57. The highest BCUT2D eigenvalue weighted by atomic mass is 16.5. The van der Waals surface area contributed by atoms with Crippen LogP contribution < -0.4 is 9.47 Å². The molecule has 5 rings (SSSR count). The van der Waals surface area contributed by atoms with Crippen molar-refractivity contribution in [1.82, 2.24) is 24.8 Å². The van der Waals surface area contributed by atoms with E-state index in [4.69, 9.17) is 9.47 Å². The highest BCUT2D eigenvalue weighted by Gasteiger charge is 2.39. The molecule has 134 valence electrons. The number of nitrogens with zero attached hydrogens (tertiary/aromatic N) is 5. The molecule has 1 aromatic carbocycles. The molecule has 1 fully saturated rings. The van der Waals surface area contributed by atoms with Gasteiger partial charge in [0.1, 0.15) is 11.5 Å². The molecule has 0 spiro atoms. The van der Waals surface area contributed by atoms with Crippen LogP contribution in [0.25, 0.3) is 0 Å². The van der Waals surface area contributed by atoms with Crippen molar-refractivity contribution in [2.24, 2.45) is 0 Å². The summed E-state index contributed by atoms with van der Waals surface area (Å²) in [5.74, 6) is 0.701. The minimum Gasteiger partial charge on any atom is -0.472 e. The van der Waals surface area contributed by atoms with E-state index < -0.39 is 0 Å². The lowest BCUT2D eigenvalue weighted by atomic mass is 10.0. The van der Waals surface area contributed by atoms with Gasteiger partial charge in [0.25, 0.3) is 11.8 Å². The van der Waals surface area contributed by atoms with Crippen LogP contribution in [0.5, 0.6) is 11.5 Å². The Morgan fingerprint density at radius 2 is 1.96 bits per heavy atom. The third-order valence-electron chi connectivity index (χ3n) is 5.00. The molecular weight excluding hydrogens is 338 g/mol. The third kappa shape index (κ3) is 2.31. The van der Waals surface area contributed by atoms with E-state index in [2.05, 4.69) is 10.3 Å². The van der Waals surface area contributed by atoms with Gasteiger partial charge in [0.05, 0.1) is 23.9 Å². The summed E-state index contributed by atoms with van der Waals surface area (Å²) < 4.78 is 13.3. The molecule has 4 heterocycles. The summed E-state index contributed by atoms with van der Waals surface area (Å²) in [4.78, 5) is 28.8. The Hall–Kier alpha value is -3.10. The largest absolute Gasteiger partial charge is 0.472 e. The number of rotatable bonds is 3.